The third-order valence-corrected chi connectivity index (χ3v) is 4.13. The summed E-state index contributed by atoms with van der Waals surface area (Å²) in [7, 11) is 2.17. The normalized spacial score (nSPS) is 26.4. The minimum atomic E-state index is -0.145. The molecule has 0 aromatic heterocycles. The zero-order valence-electron chi connectivity index (χ0n) is 10.9. The van der Waals surface area contributed by atoms with E-state index < -0.39 is 0 Å². The molecule has 98 valence electrons. The van der Waals surface area contributed by atoms with Crippen molar-refractivity contribution < 1.29 is 4.39 Å². The molecule has 1 saturated carbocycles. The molecule has 1 aliphatic carbocycles. The van der Waals surface area contributed by atoms with Crippen LogP contribution in [0.1, 0.15) is 30.9 Å². The average Bonchev–Trinajstić information content (AvgIpc) is 3.12. The standard InChI is InChI=1S/C15H21FN2/c1-18-9-8-14(10-18)17-15(11-2-3-11)12-4-6-13(16)7-5-12/h4-7,11,14-15,17H,2-3,8-10H2,1H3. The molecular weight excluding hydrogens is 227 g/mol. The van der Waals surface area contributed by atoms with Crippen molar-refractivity contribution >= 4 is 0 Å². The Morgan fingerprint density at radius 1 is 1.22 bits per heavy atom. The molecule has 2 unspecified atom stereocenters. The lowest BCUT2D eigenvalue weighted by molar-refractivity contribution is 0.369. The number of hydrogen-bond acceptors (Lipinski definition) is 2. The zero-order valence-corrected chi connectivity index (χ0v) is 10.9. The van der Waals surface area contributed by atoms with Crippen LogP contribution in [0.3, 0.4) is 0 Å². The lowest BCUT2D eigenvalue weighted by Gasteiger charge is -2.23. The van der Waals surface area contributed by atoms with Gasteiger partial charge < -0.3 is 10.2 Å². The van der Waals surface area contributed by atoms with Crippen LogP contribution in [0.5, 0.6) is 0 Å². The second kappa shape index (κ2) is 4.98. The molecule has 2 aliphatic rings. The van der Waals surface area contributed by atoms with Crippen LogP contribution in [0.2, 0.25) is 0 Å². The van der Waals surface area contributed by atoms with Crippen molar-refractivity contribution in [1.82, 2.24) is 10.2 Å². The van der Waals surface area contributed by atoms with Crippen LogP contribution >= 0.6 is 0 Å². The fraction of sp³-hybridized carbons (Fsp3) is 0.600. The summed E-state index contributed by atoms with van der Waals surface area (Å²) >= 11 is 0. The van der Waals surface area contributed by atoms with Gasteiger partial charge in [0, 0.05) is 18.6 Å². The summed E-state index contributed by atoms with van der Waals surface area (Å²) in [6.45, 7) is 2.31. The summed E-state index contributed by atoms with van der Waals surface area (Å²) in [6, 6.07) is 8.03. The molecule has 1 aromatic rings. The molecule has 2 atom stereocenters. The van der Waals surface area contributed by atoms with E-state index in [1.807, 2.05) is 12.1 Å². The Balaban J connectivity index is 1.70. The Morgan fingerprint density at radius 3 is 2.50 bits per heavy atom. The van der Waals surface area contributed by atoms with Crippen LogP contribution < -0.4 is 5.32 Å². The Labute approximate surface area is 108 Å². The minimum absolute atomic E-state index is 0.145. The van der Waals surface area contributed by atoms with Crippen molar-refractivity contribution in [3.8, 4) is 0 Å². The van der Waals surface area contributed by atoms with Gasteiger partial charge in [0.05, 0.1) is 0 Å². The third-order valence-electron chi connectivity index (χ3n) is 4.13. The fourth-order valence-electron chi connectivity index (χ4n) is 2.93. The maximum atomic E-state index is 13.0. The van der Waals surface area contributed by atoms with Gasteiger partial charge in [0.15, 0.2) is 0 Å². The molecule has 18 heavy (non-hydrogen) atoms. The summed E-state index contributed by atoms with van der Waals surface area (Å²) in [5.74, 6) is 0.607. The van der Waals surface area contributed by atoms with Crippen molar-refractivity contribution in [2.75, 3.05) is 20.1 Å². The number of nitrogens with one attached hydrogen (secondary N) is 1. The van der Waals surface area contributed by atoms with Gasteiger partial charge in [0.2, 0.25) is 0 Å². The smallest absolute Gasteiger partial charge is 0.123 e. The van der Waals surface area contributed by atoms with Crippen molar-refractivity contribution in [2.45, 2.75) is 31.3 Å². The van der Waals surface area contributed by atoms with Crippen molar-refractivity contribution in [2.24, 2.45) is 5.92 Å². The summed E-state index contributed by atoms with van der Waals surface area (Å²) in [4.78, 5) is 2.37. The van der Waals surface area contributed by atoms with Crippen LogP contribution in [0.25, 0.3) is 0 Å². The van der Waals surface area contributed by atoms with E-state index >= 15 is 0 Å². The van der Waals surface area contributed by atoms with Gasteiger partial charge in [0.25, 0.3) is 0 Å². The van der Waals surface area contributed by atoms with E-state index in [0.29, 0.717) is 12.1 Å². The van der Waals surface area contributed by atoms with Gasteiger partial charge in [-0.2, -0.15) is 0 Å². The van der Waals surface area contributed by atoms with E-state index in [2.05, 4.69) is 17.3 Å². The summed E-state index contributed by atoms with van der Waals surface area (Å²) < 4.78 is 13.0. The molecule has 1 saturated heterocycles. The highest BCUT2D eigenvalue weighted by molar-refractivity contribution is 5.22. The van der Waals surface area contributed by atoms with E-state index in [0.717, 1.165) is 12.5 Å². The van der Waals surface area contributed by atoms with Gasteiger partial charge in [-0.15, -0.1) is 0 Å². The molecule has 2 nitrogen and oxygen atoms in total. The maximum Gasteiger partial charge on any atom is 0.123 e. The Bertz CT molecular complexity index is 399. The van der Waals surface area contributed by atoms with Gasteiger partial charge >= 0.3 is 0 Å². The Hall–Kier alpha value is -0.930. The molecule has 1 aliphatic heterocycles. The number of rotatable bonds is 4. The van der Waals surface area contributed by atoms with Gasteiger partial charge in [-0.05, 0) is 56.5 Å². The van der Waals surface area contributed by atoms with Gasteiger partial charge in [-0.3, -0.25) is 0 Å². The molecule has 2 fully saturated rings. The molecule has 1 aromatic carbocycles. The second-order valence-electron chi connectivity index (χ2n) is 5.78. The highest BCUT2D eigenvalue weighted by atomic mass is 19.1. The maximum absolute atomic E-state index is 13.0. The summed E-state index contributed by atoms with van der Waals surface area (Å²) in [5.41, 5.74) is 1.24. The SMILES string of the molecule is CN1CCC(NC(c2ccc(F)cc2)C2CC2)C1. The van der Waals surface area contributed by atoms with E-state index in [-0.39, 0.29) is 5.82 Å². The topological polar surface area (TPSA) is 15.3 Å². The van der Waals surface area contributed by atoms with Crippen LogP contribution in [0.4, 0.5) is 4.39 Å². The monoisotopic (exact) mass is 248 g/mol. The van der Waals surface area contributed by atoms with Crippen LogP contribution in [-0.2, 0) is 0 Å². The van der Waals surface area contributed by atoms with E-state index in [4.69, 9.17) is 0 Å². The largest absolute Gasteiger partial charge is 0.306 e. The number of halogens is 1. The molecule has 1 heterocycles. The first-order valence-corrected chi connectivity index (χ1v) is 6.92. The summed E-state index contributed by atoms with van der Waals surface area (Å²) in [5, 5.41) is 3.78. The number of likely N-dealkylation sites (tertiary alicyclic amines) is 1. The summed E-state index contributed by atoms with van der Waals surface area (Å²) in [6.07, 6.45) is 3.83. The molecule has 3 rings (SSSR count). The minimum Gasteiger partial charge on any atom is -0.306 e. The Morgan fingerprint density at radius 2 is 1.94 bits per heavy atom. The average molecular weight is 248 g/mol. The molecule has 0 radical (unpaired) electrons. The first kappa shape index (κ1) is 12.1. The highest BCUT2D eigenvalue weighted by Crippen LogP contribution is 2.41. The second-order valence-corrected chi connectivity index (χ2v) is 5.78. The molecule has 0 spiro atoms. The predicted octanol–water partition coefficient (Wildman–Crippen LogP) is 2.57. The number of likely N-dealkylation sites (N-methyl/N-ethyl adjacent to an activating group) is 1. The first-order valence-electron chi connectivity index (χ1n) is 6.92. The molecule has 3 heteroatoms. The van der Waals surface area contributed by atoms with Gasteiger partial charge in [-0.1, -0.05) is 12.1 Å². The predicted molar refractivity (Wildman–Crippen MR) is 70.9 cm³/mol. The lowest BCUT2D eigenvalue weighted by atomic mass is 10.0. The lowest BCUT2D eigenvalue weighted by Crippen LogP contribution is -2.35. The van der Waals surface area contributed by atoms with E-state index in [9.17, 15) is 4.39 Å². The van der Waals surface area contributed by atoms with Crippen LogP contribution in [0.15, 0.2) is 24.3 Å². The van der Waals surface area contributed by atoms with E-state index in [1.54, 1.807) is 12.1 Å². The van der Waals surface area contributed by atoms with E-state index in [1.165, 1.54) is 31.4 Å². The third kappa shape index (κ3) is 2.73. The van der Waals surface area contributed by atoms with Crippen molar-refractivity contribution in [1.29, 1.82) is 0 Å². The van der Waals surface area contributed by atoms with Gasteiger partial charge in [0.1, 0.15) is 5.82 Å². The fourth-order valence-corrected chi connectivity index (χ4v) is 2.93. The van der Waals surface area contributed by atoms with Crippen LogP contribution in [-0.4, -0.2) is 31.1 Å². The number of hydrogen-bond donors (Lipinski definition) is 1. The molecular formula is C15H21FN2. The van der Waals surface area contributed by atoms with Gasteiger partial charge in [-0.25, -0.2) is 4.39 Å². The first-order chi connectivity index (χ1) is 8.72. The van der Waals surface area contributed by atoms with Crippen LogP contribution in [0, 0.1) is 11.7 Å². The number of benzene rings is 1. The quantitative estimate of drug-likeness (QED) is 0.881. The van der Waals surface area contributed by atoms with Crippen molar-refractivity contribution in [3.05, 3.63) is 35.6 Å². The molecule has 0 amide bonds. The molecule has 0 bridgehead atoms. The Kier molecular flexibility index (Phi) is 3.35. The highest BCUT2D eigenvalue weighted by Gasteiger charge is 2.34. The van der Waals surface area contributed by atoms with Crippen molar-refractivity contribution in [3.63, 3.8) is 0 Å². The zero-order chi connectivity index (χ0) is 12.5. The number of nitrogens with zero attached hydrogens (tertiary/aromatic N) is 1. The molecule has 1 N–H and O–H groups in total.